The predicted octanol–water partition coefficient (Wildman–Crippen LogP) is 0.926. The highest BCUT2D eigenvalue weighted by molar-refractivity contribution is 5.93. The van der Waals surface area contributed by atoms with Crippen LogP contribution in [0, 0.1) is 6.92 Å². The summed E-state index contributed by atoms with van der Waals surface area (Å²) in [6.07, 6.45) is 0. The van der Waals surface area contributed by atoms with E-state index in [1.807, 2.05) is 32.0 Å². The molecule has 1 aliphatic rings. The lowest BCUT2D eigenvalue weighted by molar-refractivity contribution is -0.117. The van der Waals surface area contributed by atoms with Crippen molar-refractivity contribution in [2.45, 2.75) is 20.4 Å². The summed E-state index contributed by atoms with van der Waals surface area (Å²) >= 11 is 0. The van der Waals surface area contributed by atoms with E-state index in [4.69, 9.17) is 0 Å². The molecular formula is C13H17N3O. The first-order chi connectivity index (χ1) is 8.16. The van der Waals surface area contributed by atoms with Gasteiger partial charge < -0.3 is 10.6 Å². The summed E-state index contributed by atoms with van der Waals surface area (Å²) in [5.74, 6) is 0.00445. The first-order valence-corrected chi connectivity index (χ1v) is 5.77. The predicted molar refractivity (Wildman–Crippen MR) is 66.4 cm³/mol. The minimum atomic E-state index is 0.00445. The van der Waals surface area contributed by atoms with Crippen molar-refractivity contribution in [3.63, 3.8) is 0 Å². The van der Waals surface area contributed by atoms with E-state index >= 15 is 0 Å². The fraction of sp³-hybridized carbons (Fsp3) is 0.385. The summed E-state index contributed by atoms with van der Waals surface area (Å²) < 4.78 is 0. The van der Waals surface area contributed by atoms with Gasteiger partial charge in [-0.05, 0) is 31.6 Å². The van der Waals surface area contributed by atoms with Crippen LogP contribution in [0.4, 0.5) is 0 Å². The molecule has 1 aliphatic heterocycles. The lowest BCUT2D eigenvalue weighted by atomic mass is 10.0. The van der Waals surface area contributed by atoms with E-state index in [-0.39, 0.29) is 5.91 Å². The molecule has 1 amide bonds. The Kier molecular flexibility index (Phi) is 3.54. The van der Waals surface area contributed by atoms with Crippen LogP contribution >= 0.6 is 0 Å². The van der Waals surface area contributed by atoms with Crippen LogP contribution in [0.25, 0.3) is 0 Å². The molecule has 1 fully saturated rings. The number of hydrogen-bond acceptors (Lipinski definition) is 3. The molecule has 0 atom stereocenters. The average molecular weight is 231 g/mol. The molecule has 0 radical (unpaired) electrons. The number of rotatable bonds is 3. The van der Waals surface area contributed by atoms with Crippen molar-refractivity contribution in [3.05, 3.63) is 40.7 Å². The highest BCUT2D eigenvalue weighted by Crippen LogP contribution is 2.08. The minimum absolute atomic E-state index is 0.00445. The molecule has 90 valence electrons. The zero-order valence-corrected chi connectivity index (χ0v) is 10.2. The number of aryl methyl sites for hydroxylation is 1. The van der Waals surface area contributed by atoms with Gasteiger partial charge in [0.2, 0.25) is 5.91 Å². The smallest absolute Gasteiger partial charge is 0.247 e. The van der Waals surface area contributed by atoms with Crippen molar-refractivity contribution in [2.24, 2.45) is 0 Å². The molecule has 17 heavy (non-hydrogen) atoms. The minimum Gasteiger partial charge on any atom is -0.347 e. The summed E-state index contributed by atoms with van der Waals surface area (Å²) in [7, 11) is 0. The maximum absolute atomic E-state index is 11.8. The van der Waals surface area contributed by atoms with Gasteiger partial charge in [0, 0.05) is 24.4 Å². The van der Waals surface area contributed by atoms with Crippen molar-refractivity contribution in [1.29, 1.82) is 0 Å². The molecule has 1 aromatic rings. The Morgan fingerprint density at radius 3 is 2.82 bits per heavy atom. The number of carbonyl (C=O) groups is 1. The number of aromatic nitrogens is 1. The highest BCUT2D eigenvalue weighted by Gasteiger charge is 2.15. The van der Waals surface area contributed by atoms with Gasteiger partial charge in [-0.15, -0.1) is 0 Å². The topological polar surface area (TPSA) is 54.0 Å². The second-order valence-electron chi connectivity index (χ2n) is 4.29. The zero-order valence-electron chi connectivity index (χ0n) is 10.2. The fourth-order valence-corrected chi connectivity index (χ4v) is 1.68. The van der Waals surface area contributed by atoms with Gasteiger partial charge in [0.15, 0.2) is 0 Å². The van der Waals surface area contributed by atoms with Gasteiger partial charge in [0.25, 0.3) is 0 Å². The first-order valence-electron chi connectivity index (χ1n) is 5.77. The Bertz CT molecular complexity index is 459. The van der Waals surface area contributed by atoms with E-state index in [1.54, 1.807) is 0 Å². The molecule has 1 saturated heterocycles. The Morgan fingerprint density at radius 1 is 1.47 bits per heavy atom. The Morgan fingerprint density at radius 2 is 2.24 bits per heavy atom. The summed E-state index contributed by atoms with van der Waals surface area (Å²) in [4.78, 5) is 16.2. The number of nitrogens with zero attached hydrogens (tertiary/aromatic N) is 1. The Balaban J connectivity index is 1.92. The Hall–Kier alpha value is -1.68. The molecular weight excluding hydrogens is 214 g/mol. The molecule has 2 N–H and O–H groups in total. The Labute approximate surface area is 101 Å². The third-order valence-corrected chi connectivity index (χ3v) is 2.92. The number of carbonyl (C=O) groups excluding carboxylic acids is 1. The van der Waals surface area contributed by atoms with Crippen molar-refractivity contribution < 1.29 is 4.79 Å². The van der Waals surface area contributed by atoms with E-state index < -0.39 is 0 Å². The van der Waals surface area contributed by atoms with E-state index in [0.717, 1.165) is 30.1 Å². The molecule has 0 aliphatic carbocycles. The summed E-state index contributed by atoms with van der Waals surface area (Å²) in [6, 6.07) is 5.81. The summed E-state index contributed by atoms with van der Waals surface area (Å²) in [6.45, 7) is 5.97. The first kappa shape index (κ1) is 11.8. The number of hydrogen-bond donors (Lipinski definition) is 2. The van der Waals surface area contributed by atoms with Crippen LogP contribution < -0.4 is 10.6 Å². The normalized spacial score (nSPS) is 14.1. The van der Waals surface area contributed by atoms with Gasteiger partial charge in [-0.1, -0.05) is 6.07 Å². The third kappa shape index (κ3) is 2.91. The van der Waals surface area contributed by atoms with Gasteiger partial charge in [-0.3, -0.25) is 9.78 Å². The largest absolute Gasteiger partial charge is 0.347 e. The van der Waals surface area contributed by atoms with Crippen LogP contribution in [0.1, 0.15) is 18.3 Å². The summed E-state index contributed by atoms with van der Waals surface area (Å²) in [5.41, 5.74) is 3.88. The van der Waals surface area contributed by atoms with Crippen molar-refractivity contribution in [2.75, 3.05) is 13.1 Å². The summed E-state index contributed by atoms with van der Waals surface area (Å²) in [5, 5.41) is 6.02. The number of amides is 1. The molecule has 4 nitrogen and oxygen atoms in total. The SMILES string of the molecule is CC(C(=O)NCc1cccc(C)n1)=C1CNC1. The average Bonchev–Trinajstić information content (AvgIpc) is 2.23. The molecule has 0 bridgehead atoms. The molecule has 4 heteroatoms. The van der Waals surface area contributed by atoms with Gasteiger partial charge in [-0.2, -0.15) is 0 Å². The van der Waals surface area contributed by atoms with Gasteiger partial charge >= 0.3 is 0 Å². The number of nitrogens with one attached hydrogen (secondary N) is 2. The maximum Gasteiger partial charge on any atom is 0.247 e. The fourth-order valence-electron chi connectivity index (χ4n) is 1.68. The van der Waals surface area contributed by atoms with Crippen LogP contribution in [0.5, 0.6) is 0 Å². The molecule has 2 heterocycles. The molecule has 0 saturated carbocycles. The molecule has 0 aromatic carbocycles. The third-order valence-electron chi connectivity index (χ3n) is 2.92. The van der Waals surface area contributed by atoms with Crippen LogP contribution in [0.15, 0.2) is 29.3 Å². The van der Waals surface area contributed by atoms with E-state index in [2.05, 4.69) is 15.6 Å². The van der Waals surface area contributed by atoms with Crippen molar-refractivity contribution in [1.82, 2.24) is 15.6 Å². The van der Waals surface area contributed by atoms with Gasteiger partial charge in [0.05, 0.1) is 12.2 Å². The van der Waals surface area contributed by atoms with E-state index in [9.17, 15) is 4.79 Å². The van der Waals surface area contributed by atoms with Crippen molar-refractivity contribution in [3.8, 4) is 0 Å². The van der Waals surface area contributed by atoms with Crippen LogP contribution in [0.3, 0.4) is 0 Å². The van der Waals surface area contributed by atoms with Crippen LogP contribution in [-0.4, -0.2) is 24.0 Å². The molecule has 1 aromatic heterocycles. The lowest BCUT2D eigenvalue weighted by Gasteiger charge is -2.21. The van der Waals surface area contributed by atoms with E-state index in [1.165, 1.54) is 5.57 Å². The lowest BCUT2D eigenvalue weighted by Crippen LogP contribution is -2.37. The number of pyridine rings is 1. The van der Waals surface area contributed by atoms with E-state index in [0.29, 0.717) is 6.54 Å². The van der Waals surface area contributed by atoms with Gasteiger partial charge in [-0.25, -0.2) is 0 Å². The monoisotopic (exact) mass is 231 g/mol. The molecule has 0 unspecified atom stereocenters. The standard InChI is InChI=1S/C13H17N3O/c1-9-4-3-5-12(16-9)8-15-13(17)10(2)11-6-14-7-11/h3-5,14H,6-8H2,1-2H3,(H,15,17). The van der Waals surface area contributed by atoms with Crippen molar-refractivity contribution >= 4 is 5.91 Å². The van der Waals surface area contributed by atoms with Crippen LogP contribution in [-0.2, 0) is 11.3 Å². The molecule has 0 spiro atoms. The second kappa shape index (κ2) is 5.10. The van der Waals surface area contributed by atoms with Crippen LogP contribution in [0.2, 0.25) is 0 Å². The second-order valence-corrected chi connectivity index (χ2v) is 4.29. The zero-order chi connectivity index (χ0) is 12.3. The van der Waals surface area contributed by atoms with Gasteiger partial charge in [0.1, 0.15) is 0 Å². The molecule has 2 rings (SSSR count). The highest BCUT2D eigenvalue weighted by atomic mass is 16.1. The quantitative estimate of drug-likeness (QED) is 0.761. The maximum atomic E-state index is 11.8.